The molecule has 0 fully saturated rings. The third-order valence-electron chi connectivity index (χ3n) is 17.2. The van der Waals surface area contributed by atoms with Gasteiger partial charge in [-0.25, -0.2) is 9.13 Å². The predicted molar refractivity (Wildman–Crippen MR) is 372 cm³/mol. The van der Waals surface area contributed by atoms with Gasteiger partial charge in [0.05, 0.1) is 26.4 Å². The van der Waals surface area contributed by atoms with Crippen molar-refractivity contribution in [2.75, 3.05) is 39.6 Å². The minimum atomic E-state index is -4.95. The predicted octanol–water partition coefficient (Wildman–Crippen LogP) is 20.9. The van der Waals surface area contributed by atoms with E-state index in [9.17, 15) is 43.2 Å². The fraction of sp³-hybridized carbons (Fsp3) is 0.945. The number of unbranched alkanes of at least 4 members (excludes halogenated alkanes) is 35. The zero-order chi connectivity index (χ0) is 68.2. The SMILES string of the molecule is CCC(C)CCCCCCCCC(=O)OC[C@H](COP(=O)(O)OC[C@H](O)COP(=O)(O)OC[C@@H](COC(=O)CCCCCCCCCCCCCCCCCCC(C)C)OC(=O)CCCCCCCCC(C)C)OC(=O)CCCCCCCCCCCCCC(C)C. The maximum Gasteiger partial charge on any atom is 0.472 e. The summed E-state index contributed by atoms with van der Waals surface area (Å²) in [6, 6.07) is 0. The highest BCUT2D eigenvalue weighted by Crippen LogP contribution is 2.45. The van der Waals surface area contributed by atoms with E-state index < -0.39 is 97.5 Å². The van der Waals surface area contributed by atoms with Crippen LogP contribution in [0.3, 0.4) is 0 Å². The van der Waals surface area contributed by atoms with Gasteiger partial charge >= 0.3 is 39.5 Å². The van der Waals surface area contributed by atoms with Crippen LogP contribution in [0.2, 0.25) is 0 Å². The van der Waals surface area contributed by atoms with Crippen molar-refractivity contribution in [3.63, 3.8) is 0 Å². The topological polar surface area (TPSA) is 237 Å². The van der Waals surface area contributed by atoms with Crippen LogP contribution < -0.4 is 0 Å². The Labute approximate surface area is 562 Å². The second kappa shape index (κ2) is 62.6. The standard InChI is InChI=1S/C73H142O17P2/c1-9-66(8)52-44-36-30-32-38-46-54-71(76)84-60-68(89-72(77)55-47-39-28-24-20-16-18-22-26-34-42-50-64(4)5)61-87-91(79,80)85-57-67(74)58-86-92(81,82)88-62-69(90-73(78)56-48-40-31-29-35-43-51-65(6)7)59-83-70(75)53-45-37-27-23-19-15-13-11-10-12-14-17-21-25-33-41-49-63(2)3/h63-69,74H,9-62H2,1-8H3,(H,79,80)(H,81,82)/t66?,67-,68+,69+/m0/s1. The molecular weight excluding hydrogens is 1210 g/mol. The van der Waals surface area contributed by atoms with Gasteiger partial charge in [0.15, 0.2) is 12.2 Å². The first kappa shape index (κ1) is 90.1. The summed E-state index contributed by atoms with van der Waals surface area (Å²) >= 11 is 0. The third-order valence-corrected chi connectivity index (χ3v) is 19.1. The van der Waals surface area contributed by atoms with Gasteiger partial charge in [-0.05, 0) is 49.4 Å². The number of phosphoric acid groups is 2. The molecule has 0 bridgehead atoms. The molecule has 0 saturated carbocycles. The maximum atomic E-state index is 13.0. The number of phosphoric ester groups is 2. The molecule has 0 heterocycles. The first-order chi connectivity index (χ1) is 44.1. The van der Waals surface area contributed by atoms with Crippen molar-refractivity contribution in [2.45, 2.75) is 382 Å². The molecule has 92 heavy (non-hydrogen) atoms. The molecule has 0 aromatic heterocycles. The smallest absolute Gasteiger partial charge is 0.462 e. The number of esters is 4. The number of hydrogen-bond donors (Lipinski definition) is 3. The average molecular weight is 1350 g/mol. The molecule has 546 valence electrons. The lowest BCUT2D eigenvalue weighted by molar-refractivity contribution is -0.161. The van der Waals surface area contributed by atoms with Crippen LogP contribution in [0.4, 0.5) is 0 Å². The minimum absolute atomic E-state index is 0.102. The van der Waals surface area contributed by atoms with E-state index in [1.54, 1.807) is 0 Å². The Balaban J connectivity index is 5.16. The minimum Gasteiger partial charge on any atom is -0.462 e. The zero-order valence-electron chi connectivity index (χ0n) is 60.2. The molecule has 19 heteroatoms. The van der Waals surface area contributed by atoms with E-state index in [2.05, 4.69) is 55.4 Å². The number of aliphatic hydroxyl groups is 1. The Morgan fingerprint density at radius 1 is 0.304 bits per heavy atom. The van der Waals surface area contributed by atoms with Gasteiger partial charge < -0.3 is 33.8 Å². The molecule has 0 aliphatic heterocycles. The second-order valence-corrected chi connectivity index (χ2v) is 30.9. The van der Waals surface area contributed by atoms with Gasteiger partial charge in [-0.15, -0.1) is 0 Å². The van der Waals surface area contributed by atoms with Gasteiger partial charge in [-0.3, -0.25) is 37.3 Å². The fourth-order valence-corrected chi connectivity index (χ4v) is 12.6. The number of carbonyl (C=O) groups excluding carboxylic acids is 4. The van der Waals surface area contributed by atoms with E-state index in [0.29, 0.717) is 31.6 Å². The first-order valence-corrected chi connectivity index (χ1v) is 40.7. The van der Waals surface area contributed by atoms with E-state index in [4.69, 9.17) is 37.0 Å². The van der Waals surface area contributed by atoms with Gasteiger partial charge in [0.2, 0.25) is 0 Å². The van der Waals surface area contributed by atoms with Crippen molar-refractivity contribution < 1.29 is 80.2 Å². The largest absolute Gasteiger partial charge is 0.472 e. The molecular formula is C73H142O17P2. The highest BCUT2D eigenvalue weighted by molar-refractivity contribution is 7.47. The molecule has 0 radical (unpaired) electrons. The zero-order valence-corrected chi connectivity index (χ0v) is 62.0. The molecule has 17 nitrogen and oxygen atoms in total. The average Bonchev–Trinajstić information content (AvgIpc) is 2.39. The molecule has 0 spiro atoms. The summed E-state index contributed by atoms with van der Waals surface area (Å²) in [6.07, 6.45) is 46.1. The number of hydrogen-bond acceptors (Lipinski definition) is 15. The van der Waals surface area contributed by atoms with Crippen LogP contribution in [0.5, 0.6) is 0 Å². The van der Waals surface area contributed by atoms with Crippen LogP contribution in [-0.2, 0) is 65.4 Å². The molecule has 0 rings (SSSR count). The van der Waals surface area contributed by atoms with Crippen LogP contribution in [0.25, 0.3) is 0 Å². The van der Waals surface area contributed by atoms with Crippen LogP contribution in [-0.4, -0.2) is 96.7 Å². The molecule has 3 N–H and O–H groups in total. The summed E-state index contributed by atoms with van der Waals surface area (Å²) in [4.78, 5) is 72.6. The molecule has 0 aromatic carbocycles. The van der Waals surface area contributed by atoms with E-state index >= 15 is 0 Å². The van der Waals surface area contributed by atoms with Gasteiger partial charge in [0, 0.05) is 25.7 Å². The lowest BCUT2D eigenvalue weighted by atomic mass is 10.00. The lowest BCUT2D eigenvalue weighted by Crippen LogP contribution is -2.30. The maximum absolute atomic E-state index is 13.0. The van der Waals surface area contributed by atoms with Crippen molar-refractivity contribution in [1.29, 1.82) is 0 Å². The van der Waals surface area contributed by atoms with E-state index in [1.165, 1.54) is 161 Å². The van der Waals surface area contributed by atoms with Crippen LogP contribution in [0, 0.1) is 23.7 Å². The molecule has 0 saturated heterocycles. The molecule has 0 aliphatic carbocycles. The Bertz CT molecular complexity index is 1820. The van der Waals surface area contributed by atoms with Gasteiger partial charge in [0.25, 0.3) is 0 Å². The number of rotatable bonds is 70. The monoisotopic (exact) mass is 1350 g/mol. The quantitative estimate of drug-likeness (QED) is 0.0222. The summed E-state index contributed by atoms with van der Waals surface area (Å²) in [5.41, 5.74) is 0. The summed E-state index contributed by atoms with van der Waals surface area (Å²) < 4.78 is 68.3. The van der Waals surface area contributed by atoms with Gasteiger partial charge in [-0.2, -0.15) is 0 Å². The Morgan fingerprint density at radius 3 is 0.772 bits per heavy atom. The summed E-state index contributed by atoms with van der Waals surface area (Å²) in [6.45, 7) is 14.1. The van der Waals surface area contributed by atoms with Crippen LogP contribution in [0.1, 0.15) is 364 Å². The molecule has 6 atom stereocenters. The summed E-state index contributed by atoms with van der Waals surface area (Å²) in [7, 11) is -9.90. The lowest BCUT2D eigenvalue weighted by Gasteiger charge is -2.21. The van der Waals surface area contributed by atoms with Crippen LogP contribution >= 0.6 is 15.6 Å². The number of carbonyl (C=O) groups is 4. The molecule has 0 aliphatic rings. The molecule has 0 aromatic rings. The van der Waals surface area contributed by atoms with Gasteiger partial charge in [0.1, 0.15) is 19.3 Å². The van der Waals surface area contributed by atoms with E-state index in [1.807, 2.05) is 0 Å². The highest BCUT2D eigenvalue weighted by atomic mass is 31.2. The normalized spacial score (nSPS) is 14.5. The third kappa shape index (κ3) is 65.4. The van der Waals surface area contributed by atoms with Crippen molar-refractivity contribution in [1.82, 2.24) is 0 Å². The van der Waals surface area contributed by atoms with E-state index in [-0.39, 0.29) is 25.7 Å². The second-order valence-electron chi connectivity index (χ2n) is 28.0. The summed E-state index contributed by atoms with van der Waals surface area (Å²) in [5.74, 6) is 0.847. The van der Waals surface area contributed by atoms with Crippen molar-refractivity contribution in [2.24, 2.45) is 23.7 Å². The highest BCUT2D eigenvalue weighted by Gasteiger charge is 2.30. The number of ether oxygens (including phenoxy) is 4. The van der Waals surface area contributed by atoms with Crippen molar-refractivity contribution in [3.05, 3.63) is 0 Å². The van der Waals surface area contributed by atoms with Crippen LogP contribution in [0.15, 0.2) is 0 Å². The Hall–Kier alpha value is -1.94. The van der Waals surface area contributed by atoms with E-state index in [0.717, 1.165) is 114 Å². The van der Waals surface area contributed by atoms with Crippen molar-refractivity contribution >= 4 is 39.5 Å². The van der Waals surface area contributed by atoms with Gasteiger partial charge in [-0.1, -0.05) is 312 Å². The number of aliphatic hydroxyl groups excluding tert-OH is 1. The van der Waals surface area contributed by atoms with Crippen molar-refractivity contribution in [3.8, 4) is 0 Å². The first-order valence-electron chi connectivity index (χ1n) is 37.7. The Morgan fingerprint density at radius 2 is 0.522 bits per heavy atom. The fourth-order valence-electron chi connectivity index (χ4n) is 11.0. The molecule has 3 unspecified atom stereocenters. The molecule has 0 amide bonds. The Kier molecular flexibility index (Phi) is 61.3. The summed E-state index contributed by atoms with van der Waals surface area (Å²) in [5, 5.41) is 10.6.